The molecule has 1 unspecified atom stereocenters. The molecule has 0 aliphatic rings. The third-order valence-electron chi connectivity index (χ3n) is 4.20. The Morgan fingerprint density at radius 3 is 2.32 bits per heavy atom. The van der Waals surface area contributed by atoms with E-state index in [2.05, 4.69) is 15.8 Å². The van der Waals surface area contributed by atoms with Crippen LogP contribution in [0.25, 0.3) is 0 Å². The van der Waals surface area contributed by atoms with Gasteiger partial charge in [-0.2, -0.15) is 5.10 Å². The van der Waals surface area contributed by atoms with Gasteiger partial charge < -0.3 is 14.8 Å². The Hall–Kier alpha value is -3.68. The Morgan fingerprint density at radius 1 is 1.03 bits per heavy atom. The van der Waals surface area contributed by atoms with Crippen LogP contribution in [0.4, 0.5) is 0 Å². The van der Waals surface area contributed by atoms with E-state index in [-0.39, 0.29) is 18.4 Å². The summed E-state index contributed by atoms with van der Waals surface area (Å²) in [6.45, 7) is 5.55. The Kier molecular flexibility index (Phi) is 9.22. The molecule has 0 saturated heterocycles. The zero-order valence-electron chi connectivity index (χ0n) is 17.8. The van der Waals surface area contributed by atoms with Crippen molar-refractivity contribution >= 4 is 24.0 Å². The number of nitrogens with one attached hydrogen (secondary N) is 2. The van der Waals surface area contributed by atoms with Crippen molar-refractivity contribution in [3.05, 3.63) is 65.7 Å². The number of ether oxygens (including phenoxy) is 2. The Bertz CT molecular complexity index is 895. The van der Waals surface area contributed by atoms with Crippen molar-refractivity contribution in [1.82, 2.24) is 10.7 Å². The molecule has 0 saturated carbocycles. The highest BCUT2D eigenvalue weighted by molar-refractivity contribution is 5.97. The van der Waals surface area contributed by atoms with Gasteiger partial charge in [0, 0.05) is 5.56 Å². The predicted molar refractivity (Wildman–Crippen MR) is 117 cm³/mol. The Morgan fingerprint density at radius 2 is 1.71 bits per heavy atom. The van der Waals surface area contributed by atoms with Gasteiger partial charge in [-0.25, -0.2) is 10.2 Å². The van der Waals surface area contributed by atoms with Crippen LogP contribution in [-0.4, -0.2) is 43.3 Å². The first-order valence-corrected chi connectivity index (χ1v) is 9.98. The number of benzene rings is 2. The zero-order chi connectivity index (χ0) is 22.6. The first-order valence-electron chi connectivity index (χ1n) is 9.98. The zero-order valence-corrected chi connectivity index (χ0v) is 17.8. The van der Waals surface area contributed by atoms with Gasteiger partial charge in [-0.15, -0.1) is 0 Å². The molecule has 164 valence electrons. The van der Waals surface area contributed by atoms with Crippen molar-refractivity contribution in [3.8, 4) is 5.75 Å². The monoisotopic (exact) mass is 425 g/mol. The van der Waals surface area contributed by atoms with E-state index >= 15 is 0 Å². The summed E-state index contributed by atoms with van der Waals surface area (Å²) in [5, 5.41) is 6.70. The van der Waals surface area contributed by atoms with Gasteiger partial charge in [-0.3, -0.25) is 9.59 Å². The van der Waals surface area contributed by atoms with Crippen LogP contribution in [-0.2, 0) is 14.3 Å². The minimum atomic E-state index is -0.733. The predicted octanol–water partition coefficient (Wildman–Crippen LogP) is 2.53. The number of amides is 2. The van der Waals surface area contributed by atoms with Crippen LogP contribution in [0.2, 0.25) is 0 Å². The van der Waals surface area contributed by atoms with Crippen molar-refractivity contribution in [3.63, 3.8) is 0 Å². The van der Waals surface area contributed by atoms with Gasteiger partial charge in [0.2, 0.25) is 0 Å². The van der Waals surface area contributed by atoms with E-state index in [1.807, 2.05) is 19.9 Å². The molecular weight excluding hydrogens is 398 g/mol. The molecule has 2 aromatic carbocycles. The number of rotatable bonds is 10. The van der Waals surface area contributed by atoms with E-state index in [9.17, 15) is 14.4 Å². The van der Waals surface area contributed by atoms with Gasteiger partial charge in [-0.1, -0.05) is 32.0 Å². The molecule has 31 heavy (non-hydrogen) atoms. The molecule has 2 rings (SSSR count). The lowest BCUT2D eigenvalue weighted by atomic mass is 10.0. The second kappa shape index (κ2) is 12.1. The maximum Gasteiger partial charge on any atom is 0.344 e. The minimum Gasteiger partial charge on any atom is -0.482 e. The van der Waals surface area contributed by atoms with Crippen LogP contribution >= 0.6 is 0 Å². The molecule has 2 amide bonds. The van der Waals surface area contributed by atoms with Crippen LogP contribution in [0.15, 0.2) is 59.7 Å². The van der Waals surface area contributed by atoms with E-state index in [0.29, 0.717) is 17.9 Å². The van der Waals surface area contributed by atoms with Crippen LogP contribution in [0.1, 0.15) is 36.7 Å². The average molecular weight is 425 g/mol. The minimum absolute atomic E-state index is 0.126. The summed E-state index contributed by atoms with van der Waals surface area (Å²) >= 11 is 0. The summed E-state index contributed by atoms with van der Waals surface area (Å²) in [7, 11) is 0. The number of hydrogen-bond donors (Lipinski definition) is 2. The van der Waals surface area contributed by atoms with E-state index < -0.39 is 17.9 Å². The number of carbonyl (C=O) groups excluding carboxylic acids is 3. The molecule has 8 heteroatoms. The van der Waals surface area contributed by atoms with Gasteiger partial charge in [-0.05, 0) is 54.8 Å². The van der Waals surface area contributed by atoms with Gasteiger partial charge in [0.25, 0.3) is 11.8 Å². The largest absolute Gasteiger partial charge is 0.482 e. The smallest absolute Gasteiger partial charge is 0.344 e. The fraction of sp³-hybridized carbons (Fsp3) is 0.304. The van der Waals surface area contributed by atoms with E-state index in [1.54, 1.807) is 55.5 Å². The lowest BCUT2D eigenvalue weighted by molar-refractivity contribution is -0.145. The normalized spacial score (nSPS) is 11.7. The number of nitrogens with zero attached hydrogens (tertiary/aromatic N) is 1. The molecule has 0 bridgehead atoms. The Balaban J connectivity index is 1.88. The van der Waals surface area contributed by atoms with E-state index in [0.717, 1.165) is 5.56 Å². The molecule has 2 aromatic rings. The molecule has 0 fully saturated rings. The lowest BCUT2D eigenvalue weighted by Crippen LogP contribution is -2.48. The van der Waals surface area contributed by atoms with E-state index in [4.69, 9.17) is 9.47 Å². The fourth-order valence-electron chi connectivity index (χ4n) is 2.58. The SMILES string of the molecule is CCOC(=O)COc1ccc(/C=N/NC(=O)C(NC(=O)c2ccccc2)C(C)C)cc1. The third kappa shape index (κ3) is 7.93. The summed E-state index contributed by atoms with van der Waals surface area (Å²) in [5.74, 6) is -0.784. The van der Waals surface area contributed by atoms with Crippen molar-refractivity contribution in [2.45, 2.75) is 26.8 Å². The maximum absolute atomic E-state index is 12.5. The first-order chi connectivity index (χ1) is 14.9. The number of esters is 1. The van der Waals surface area contributed by atoms with Gasteiger partial charge >= 0.3 is 5.97 Å². The maximum atomic E-state index is 12.5. The van der Waals surface area contributed by atoms with Crippen LogP contribution in [0.5, 0.6) is 5.75 Å². The highest BCUT2D eigenvalue weighted by atomic mass is 16.6. The van der Waals surface area contributed by atoms with Gasteiger partial charge in [0.1, 0.15) is 11.8 Å². The number of hydrazone groups is 1. The summed E-state index contributed by atoms with van der Waals surface area (Å²) in [5.41, 5.74) is 3.66. The van der Waals surface area contributed by atoms with Crippen molar-refractivity contribution in [1.29, 1.82) is 0 Å². The average Bonchev–Trinajstić information content (AvgIpc) is 2.77. The standard InChI is InChI=1S/C23H27N3O5/c1-4-30-20(27)15-31-19-12-10-17(11-13-19)14-24-26-23(29)21(16(2)3)25-22(28)18-8-6-5-7-9-18/h5-14,16,21H,4,15H2,1-3H3,(H,25,28)(H,26,29)/b24-14+. The number of carbonyl (C=O) groups is 3. The third-order valence-corrected chi connectivity index (χ3v) is 4.20. The molecule has 1 atom stereocenters. The molecule has 8 nitrogen and oxygen atoms in total. The summed E-state index contributed by atoms with van der Waals surface area (Å²) in [4.78, 5) is 36.2. The Labute approximate surface area is 181 Å². The van der Waals surface area contributed by atoms with E-state index in [1.165, 1.54) is 6.21 Å². The molecule has 0 spiro atoms. The molecule has 0 aliphatic heterocycles. The summed E-state index contributed by atoms with van der Waals surface area (Å²) in [6, 6.07) is 14.8. The van der Waals surface area contributed by atoms with Crippen molar-refractivity contribution in [2.24, 2.45) is 11.0 Å². The topological polar surface area (TPSA) is 106 Å². The van der Waals surface area contributed by atoms with Crippen molar-refractivity contribution in [2.75, 3.05) is 13.2 Å². The molecule has 2 N–H and O–H groups in total. The quantitative estimate of drug-likeness (QED) is 0.346. The summed E-state index contributed by atoms with van der Waals surface area (Å²) < 4.78 is 10.1. The number of hydrogen-bond acceptors (Lipinski definition) is 6. The lowest BCUT2D eigenvalue weighted by Gasteiger charge is -2.20. The molecule has 0 aromatic heterocycles. The second-order valence-corrected chi connectivity index (χ2v) is 6.96. The fourth-order valence-corrected chi connectivity index (χ4v) is 2.58. The van der Waals surface area contributed by atoms with Crippen LogP contribution in [0.3, 0.4) is 0 Å². The first kappa shape index (κ1) is 23.6. The van der Waals surface area contributed by atoms with Gasteiger partial charge in [0.15, 0.2) is 6.61 Å². The summed E-state index contributed by atoms with van der Waals surface area (Å²) in [6.07, 6.45) is 1.48. The highest BCUT2D eigenvalue weighted by Crippen LogP contribution is 2.11. The molecule has 0 heterocycles. The molecule has 0 aliphatic carbocycles. The van der Waals surface area contributed by atoms with Crippen molar-refractivity contribution < 1.29 is 23.9 Å². The molecular formula is C23H27N3O5. The second-order valence-electron chi connectivity index (χ2n) is 6.96. The van der Waals surface area contributed by atoms with Crippen LogP contribution in [0, 0.1) is 5.92 Å². The highest BCUT2D eigenvalue weighted by Gasteiger charge is 2.24. The van der Waals surface area contributed by atoms with Crippen LogP contribution < -0.4 is 15.5 Å². The van der Waals surface area contributed by atoms with Gasteiger partial charge in [0.05, 0.1) is 12.8 Å². The molecule has 0 radical (unpaired) electrons.